The van der Waals surface area contributed by atoms with Crippen LogP contribution in [0.3, 0.4) is 0 Å². The molecule has 1 aliphatic heterocycles. The number of hydrogen-bond donors (Lipinski definition) is 0. The van der Waals surface area contributed by atoms with Gasteiger partial charge in [-0.1, -0.05) is 11.6 Å². The Balaban J connectivity index is 1.95. The van der Waals surface area contributed by atoms with Crippen LogP contribution in [0.15, 0.2) is 12.4 Å². The topological polar surface area (TPSA) is 58.6 Å². The lowest BCUT2D eigenvalue weighted by Crippen LogP contribution is -2.49. The van der Waals surface area contributed by atoms with Crippen LogP contribution in [0.1, 0.15) is 39.3 Å². The molecule has 128 valence electrons. The van der Waals surface area contributed by atoms with Gasteiger partial charge in [-0.3, -0.25) is 9.88 Å². The Hall–Kier alpha value is -1.40. The molecule has 1 saturated heterocycles. The standard InChI is InChI=1S/C16H25ClN4O2/c1-16(2,3)23-15(22)21-9-5-6-12(10-21)20(4)11-13-14(17)19-8-7-18-13/h7-8,12H,5-6,9-11H2,1-4H3/t12-/m1/s1. The van der Waals surface area contributed by atoms with Gasteiger partial charge in [-0.05, 0) is 40.7 Å². The van der Waals surface area contributed by atoms with Crippen molar-refractivity contribution in [1.82, 2.24) is 19.8 Å². The number of carbonyl (C=O) groups is 1. The van der Waals surface area contributed by atoms with E-state index in [1.165, 1.54) is 0 Å². The van der Waals surface area contributed by atoms with Gasteiger partial charge in [0.2, 0.25) is 0 Å². The van der Waals surface area contributed by atoms with Crippen molar-refractivity contribution in [2.45, 2.75) is 51.8 Å². The van der Waals surface area contributed by atoms with Crippen LogP contribution in [-0.2, 0) is 11.3 Å². The quantitative estimate of drug-likeness (QED) is 0.846. The minimum atomic E-state index is -0.469. The van der Waals surface area contributed by atoms with Crippen molar-refractivity contribution in [3.05, 3.63) is 23.2 Å². The highest BCUT2D eigenvalue weighted by Crippen LogP contribution is 2.20. The molecule has 1 fully saturated rings. The smallest absolute Gasteiger partial charge is 0.410 e. The van der Waals surface area contributed by atoms with E-state index in [1.807, 2.05) is 27.8 Å². The van der Waals surface area contributed by atoms with Crippen molar-refractivity contribution in [3.63, 3.8) is 0 Å². The first-order valence-electron chi connectivity index (χ1n) is 7.90. The lowest BCUT2D eigenvalue weighted by molar-refractivity contribution is 0.0120. The number of halogens is 1. The van der Waals surface area contributed by atoms with Gasteiger partial charge >= 0.3 is 6.09 Å². The molecular formula is C16H25ClN4O2. The SMILES string of the molecule is CN(Cc1nccnc1Cl)[C@@H]1CCCN(C(=O)OC(C)(C)C)C1. The zero-order valence-corrected chi connectivity index (χ0v) is 15.0. The fourth-order valence-corrected chi connectivity index (χ4v) is 2.79. The highest BCUT2D eigenvalue weighted by Gasteiger charge is 2.29. The molecular weight excluding hydrogens is 316 g/mol. The van der Waals surface area contributed by atoms with Crippen molar-refractivity contribution < 1.29 is 9.53 Å². The lowest BCUT2D eigenvalue weighted by Gasteiger charge is -2.38. The minimum Gasteiger partial charge on any atom is -0.444 e. The number of ether oxygens (including phenoxy) is 1. The Morgan fingerprint density at radius 1 is 1.43 bits per heavy atom. The van der Waals surface area contributed by atoms with Crippen LogP contribution in [0.2, 0.25) is 5.15 Å². The molecule has 0 radical (unpaired) electrons. The van der Waals surface area contributed by atoms with Crippen LogP contribution >= 0.6 is 11.6 Å². The minimum absolute atomic E-state index is 0.242. The molecule has 1 aromatic heterocycles. The molecule has 2 rings (SSSR count). The van der Waals surface area contributed by atoms with E-state index >= 15 is 0 Å². The van der Waals surface area contributed by atoms with E-state index in [2.05, 4.69) is 14.9 Å². The van der Waals surface area contributed by atoms with Gasteiger partial charge < -0.3 is 9.64 Å². The van der Waals surface area contributed by atoms with Gasteiger partial charge in [-0.2, -0.15) is 0 Å². The number of likely N-dealkylation sites (N-methyl/N-ethyl adjacent to an activating group) is 1. The zero-order chi connectivity index (χ0) is 17.0. The first kappa shape index (κ1) is 17.9. The molecule has 1 aliphatic rings. The normalized spacial score (nSPS) is 19.0. The van der Waals surface area contributed by atoms with E-state index in [0.717, 1.165) is 25.1 Å². The average Bonchev–Trinajstić information content (AvgIpc) is 2.48. The number of rotatable bonds is 3. The van der Waals surface area contributed by atoms with Crippen LogP contribution < -0.4 is 0 Å². The van der Waals surface area contributed by atoms with E-state index in [0.29, 0.717) is 18.2 Å². The van der Waals surface area contributed by atoms with Gasteiger partial charge in [0, 0.05) is 38.1 Å². The fourth-order valence-electron chi connectivity index (χ4n) is 2.63. The Bertz CT molecular complexity index is 547. The number of carbonyl (C=O) groups excluding carboxylic acids is 1. The maximum absolute atomic E-state index is 12.2. The molecule has 2 heterocycles. The van der Waals surface area contributed by atoms with Crippen molar-refractivity contribution in [3.8, 4) is 0 Å². The summed E-state index contributed by atoms with van der Waals surface area (Å²) in [5, 5.41) is 0.430. The van der Waals surface area contributed by atoms with E-state index in [1.54, 1.807) is 17.3 Å². The lowest BCUT2D eigenvalue weighted by atomic mass is 10.0. The largest absolute Gasteiger partial charge is 0.444 e. The summed E-state index contributed by atoms with van der Waals surface area (Å²) in [4.78, 5) is 24.5. The van der Waals surface area contributed by atoms with E-state index < -0.39 is 5.60 Å². The first-order chi connectivity index (χ1) is 10.8. The molecule has 0 spiro atoms. The molecule has 0 aromatic carbocycles. The maximum Gasteiger partial charge on any atom is 0.410 e. The Morgan fingerprint density at radius 2 is 2.13 bits per heavy atom. The second kappa shape index (κ2) is 7.45. The zero-order valence-electron chi connectivity index (χ0n) is 14.3. The molecule has 1 atom stereocenters. The number of nitrogens with zero attached hydrogens (tertiary/aromatic N) is 4. The average molecular weight is 341 g/mol. The summed E-state index contributed by atoms with van der Waals surface area (Å²) in [7, 11) is 2.02. The molecule has 0 N–H and O–H groups in total. The van der Waals surface area contributed by atoms with Gasteiger partial charge in [0.1, 0.15) is 5.60 Å². The molecule has 1 amide bonds. The van der Waals surface area contributed by atoms with E-state index in [4.69, 9.17) is 16.3 Å². The summed E-state index contributed by atoms with van der Waals surface area (Å²) in [6.45, 7) is 7.66. The summed E-state index contributed by atoms with van der Waals surface area (Å²) < 4.78 is 5.47. The predicted octanol–water partition coefficient (Wildman–Crippen LogP) is 2.96. The second-order valence-electron chi connectivity index (χ2n) is 6.93. The Morgan fingerprint density at radius 3 is 2.78 bits per heavy atom. The van der Waals surface area contributed by atoms with Crippen molar-refractivity contribution in [2.75, 3.05) is 20.1 Å². The van der Waals surface area contributed by atoms with Crippen LogP contribution in [0.5, 0.6) is 0 Å². The van der Waals surface area contributed by atoms with Crippen molar-refractivity contribution >= 4 is 17.7 Å². The van der Waals surface area contributed by atoms with Crippen molar-refractivity contribution in [1.29, 1.82) is 0 Å². The molecule has 0 bridgehead atoms. The highest BCUT2D eigenvalue weighted by atomic mass is 35.5. The number of amides is 1. The molecule has 1 aromatic rings. The molecule has 0 saturated carbocycles. The van der Waals surface area contributed by atoms with Gasteiger partial charge in [0.25, 0.3) is 0 Å². The number of aromatic nitrogens is 2. The number of likely N-dealkylation sites (tertiary alicyclic amines) is 1. The molecule has 6 nitrogen and oxygen atoms in total. The van der Waals surface area contributed by atoms with Crippen LogP contribution in [0.4, 0.5) is 4.79 Å². The van der Waals surface area contributed by atoms with E-state index in [9.17, 15) is 4.79 Å². The van der Waals surface area contributed by atoms with Crippen LogP contribution in [-0.4, -0.2) is 57.6 Å². The monoisotopic (exact) mass is 340 g/mol. The second-order valence-corrected chi connectivity index (χ2v) is 7.29. The maximum atomic E-state index is 12.2. The summed E-state index contributed by atoms with van der Waals surface area (Å²) in [6, 6.07) is 0.259. The van der Waals surface area contributed by atoms with Gasteiger partial charge in [0.05, 0.1) is 5.69 Å². The molecule has 23 heavy (non-hydrogen) atoms. The summed E-state index contributed by atoms with van der Waals surface area (Å²) in [6.07, 6.45) is 4.98. The fraction of sp³-hybridized carbons (Fsp3) is 0.688. The highest BCUT2D eigenvalue weighted by molar-refractivity contribution is 6.29. The van der Waals surface area contributed by atoms with E-state index in [-0.39, 0.29) is 12.1 Å². The number of piperidine rings is 1. The molecule has 0 unspecified atom stereocenters. The molecule has 0 aliphatic carbocycles. The predicted molar refractivity (Wildman–Crippen MR) is 89.3 cm³/mol. The van der Waals surface area contributed by atoms with Crippen molar-refractivity contribution in [2.24, 2.45) is 0 Å². The summed E-state index contributed by atoms with van der Waals surface area (Å²) in [5.74, 6) is 0. The number of hydrogen-bond acceptors (Lipinski definition) is 5. The van der Waals surface area contributed by atoms with Gasteiger partial charge in [-0.25, -0.2) is 9.78 Å². The molecule has 7 heteroatoms. The Labute approximate surface area is 142 Å². The third kappa shape index (κ3) is 5.32. The third-order valence-corrected chi connectivity index (χ3v) is 4.11. The first-order valence-corrected chi connectivity index (χ1v) is 8.27. The summed E-state index contributed by atoms with van der Waals surface area (Å²) in [5.41, 5.74) is 0.286. The summed E-state index contributed by atoms with van der Waals surface area (Å²) >= 11 is 6.07. The van der Waals surface area contributed by atoms with Gasteiger partial charge in [0.15, 0.2) is 5.15 Å². The Kier molecular flexibility index (Phi) is 5.81. The third-order valence-electron chi connectivity index (χ3n) is 3.79. The van der Waals surface area contributed by atoms with Crippen LogP contribution in [0, 0.1) is 0 Å². The van der Waals surface area contributed by atoms with Gasteiger partial charge in [-0.15, -0.1) is 0 Å². The van der Waals surface area contributed by atoms with Crippen LogP contribution in [0.25, 0.3) is 0 Å².